The molecule has 0 heterocycles. The maximum absolute atomic E-state index is 14.0. The maximum Gasteiger partial charge on any atom is 0.147 e. The van der Waals surface area contributed by atoms with Gasteiger partial charge in [0.1, 0.15) is 5.82 Å². The highest BCUT2D eigenvalue weighted by molar-refractivity contribution is 9.10. The molecule has 2 unspecified atom stereocenters. The molecule has 3 N–H and O–H groups in total. The van der Waals surface area contributed by atoms with Crippen molar-refractivity contribution >= 4 is 27.5 Å². The molecule has 0 amide bonds. The highest BCUT2D eigenvalue weighted by Gasteiger charge is 2.26. The second kappa shape index (κ2) is 6.68. The Bertz CT molecular complexity index is 608. The summed E-state index contributed by atoms with van der Waals surface area (Å²) < 4.78 is 14.9. The van der Waals surface area contributed by atoms with Crippen LogP contribution in [0.2, 0.25) is 5.02 Å². The smallest absolute Gasteiger partial charge is 0.147 e. The molecule has 0 aliphatic heterocycles. The quantitative estimate of drug-likeness (QED) is 0.867. The van der Waals surface area contributed by atoms with Crippen LogP contribution in [0.1, 0.15) is 23.1 Å². The van der Waals surface area contributed by atoms with E-state index in [1.165, 1.54) is 12.1 Å². The molecule has 0 saturated heterocycles. The van der Waals surface area contributed by atoms with Crippen molar-refractivity contribution in [1.29, 1.82) is 0 Å². The lowest BCUT2D eigenvalue weighted by Crippen LogP contribution is -2.21. The first kappa shape index (κ1) is 15.4. The zero-order valence-corrected chi connectivity index (χ0v) is 12.9. The lowest BCUT2D eigenvalue weighted by atomic mass is 9.89. The molecular formula is C15H14BrClFNO. The van der Waals surface area contributed by atoms with Gasteiger partial charge in [0.2, 0.25) is 0 Å². The van der Waals surface area contributed by atoms with E-state index in [-0.39, 0.29) is 17.1 Å². The Morgan fingerprint density at radius 1 is 1.15 bits per heavy atom. The molecule has 106 valence electrons. The second-order valence-corrected chi connectivity index (χ2v) is 5.71. The van der Waals surface area contributed by atoms with E-state index in [0.29, 0.717) is 0 Å². The summed E-state index contributed by atoms with van der Waals surface area (Å²) in [5.74, 6) is -1.02. The molecule has 0 saturated carbocycles. The molecule has 0 radical (unpaired) electrons. The molecule has 2 atom stereocenters. The molecule has 2 nitrogen and oxygen atoms in total. The van der Waals surface area contributed by atoms with E-state index in [9.17, 15) is 9.50 Å². The van der Waals surface area contributed by atoms with E-state index in [0.717, 1.165) is 10.0 Å². The van der Waals surface area contributed by atoms with Crippen LogP contribution < -0.4 is 5.73 Å². The topological polar surface area (TPSA) is 46.2 Å². The van der Waals surface area contributed by atoms with Gasteiger partial charge in [0.25, 0.3) is 0 Å². The normalized spacial score (nSPS) is 14.1. The zero-order valence-electron chi connectivity index (χ0n) is 10.6. The summed E-state index contributed by atoms with van der Waals surface area (Å²) in [5.41, 5.74) is 6.76. The monoisotopic (exact) mass is 357 g/mol. The van der Waals surface area contributed by atoms with E-state index in [1.54, 1.807) is 6.07 Å². The number of hydrogen-bond donors (Lipinski definition) is 2. The van der Waals surface area contributed by atoms with Crippen LogP contribution in [-0.2, 0) is 0 Å². The third-order valence-electron chi connectivity index (χ3n) is 3.24. The Morgan fingerprint density at radius 3 is 2.45 bits per heavy atom. The molecule has 2 aromatic carbocycles. The minimum atomic E-state index is -1.06. The predicted molar refractivity (Wildman–Crippen MR) is 82.3 cm³/mol. The first-order valence-electron chi connectivity index (χ1n) is 6.12. The van der Waals surface area contributed by atoms with Crippen LogP contribution in [0.3, 0.4) is 0 Å². The molecular weight excluding hydrogens is 345 g/mol. The molecule has 2 aromatic rings. The summed E-state index contributed by atoms with van der Waals surface area (Å²) in [6, 6.07) is 12.0. The van der Waals surface area contributed by atoms with Gasteiger partial charge in [-0.15, -0.1) is 0 Å². The number of nitrogens with two attached hydrogens (primary N) is 1. The van der Waals surface area contributed by atoms with Crippen LogP contribution >= 0.6 is 27.5 Å². The average molecular weight is 359 g/mol. The van der Waals surface area contributed by atoms with Crippen molar-refractivity contribution in [2.45, 2.75) is 12.0 Å². The Hall–Kier alpha value is -0.940. The van der Waals surface area contributed by atoms with Gasteiger partial charge in [-0.1, -0.05) is 57.9 Å². The fraction of sp³-hybridized carbons (Fsp3) is 0.200. The van der Waals surface area contributed by atoms with E-state index in [4.69, 9.17) is 17.3 Å². The third kappa shape index (κ3) is 3.04. The van der Waals surface area contributed by atoms with Crippen LogP contribution in [0.15, 0.2) is 46.9 Å². The molecule has 0 spiro atoms. The number of rotatable bonds is 4. The highest BCUT2D eigenvalue weighted by Crippen LogP contribution is 2.36. The molecule has 0 aliphatic carbocycles. The number of benzene rings is 2. The summed E-state index contributed by atoms with van der Waals surface area (Å²) in [4.78, 5) is 0. The molecule has 5 heteroatoms. The Kier molecular flexibility index (Phi) is 5.16. The SMILES string of the molecule is NCC(c1ccccc1Br)C(O)c1cccc(Cl)c1F. The van der Waals surface area contributed by atoms with Crippen LogP contribution in [0.25, 0.3) is 0 Å². The Balaban J connectivity index is 2.42. The molecule has 0 aromatic heterocycles. The van der Waals surface area contributed by atoms with Gasteiger partial charge in [-0.25, -0.2) is 4.39 Å². The minimum Gasteiger partial charge on any atom is -0.388 e. The second-order valence-electron chi connectivity index (χ2n) is 4.45. The van der Waals surface area contributed by atoms with Gasteiger partial charge in [0.15, 0.2) is 0 Å². The van der Waals surface area contributed by atoms with E-state index in [2.05, 4.69) is 15.9 Å². The van der Waals surface area contributed by atoms with E-state index < -0.39 is 17.8 Å². The number of halogens is 3. The molecule has 0 aliphatic rings. The summed E-state index contributed by atoms with van der Waals surface area (Å²) in [6.45, 7) is 0.190. The number of aliphatic hydroxyl groups is 1. The van der Waals surface area contributed by atoms with Crippen molar-refractivity contribution in [3.05, 3.63) is 68.9 Å². The van der Waals surface area contributed by atoms with Crippen molar-refractivity contribution in [2.75, 3.05) is 6.54 Å². The van der Waals surface area contributed by atoms with E-state index in [1.807, 2.05) is 24.3 Å². The fourth-order valence-corrected chi connectivity index (χ4v) is 2.93. The van der Waals surface area contributed by atoms with Crippen molar-refractivity contribution in [2.24, 2.45) is 5.73 Å². The van der Waals surface area contributed by atoms with Crippen LogP contribution in [0.4, 0.5) is 4.39 Å². The van der Waals surface area contributed by atoms with Gasteiger partial charge < -0.3 is 10.8 Å². The van der Waals surface area contributed by atoms with Gasteiger partial charge >= 0.3 is 0 Å². The summed E-state index contributed by atoms with van der Waals surface area (Å²) in [6.07, 6.45) is -1.06. The lowest BCUT2D eigenvalue weighted by Gasteiger charge is -2.24. The standard InChI is InChI=1S/C15H14BrClFNO/c16-12-6-2-1-4-9(12)11(8-19)15(20)10-5-3-7-13(17)14(10)18/h1-7,11,15,20H,8,19H2. The van der Waals surface area contributed by atoms with Gasteiger partial charge in [0, 0.05) is 22.5 Å². The first-order chi connectivity index (χ1) is 9.56. The van der Waals surface area contributed by atoms with Crippen LogP contribution in [0, 0.1) is 5.82 Å². The lowest BCUT2D eigenvalue weighted by molar-refractivity contribution is 0.143. The minimum absolute atomic E-state index is 0.00977. The summed E-state index contributed by atoms with van der Waals surface area (Å²) in [7, 11) is 0. The van der Waals surface area contributed by atoms with Crippen molar-refractivity contribution < 1.29 is 9.50 Å². The van der Waals surface area contributed by atoms with Crippen LogP contribution in [0.5, 0.6) is 0 Å². The fourth-order valence-electron chi connectivity index (χ4n) is 2.17. The zero-order chi connectivity index (χ0) is 14.7. The van der Waals surface area contributed by atoms with E-state index >= 15 is 0 Å². The maximum atomic E-state index is 14.0. The number of aliphatic hydroxyl groups excluding tert-OH is 1. The largest absolute Gasteiger partial charge is 0.388 e. The van der Waals surface area contributed by atoms with Crippen molar-refractivity contribution in [1.82, 2.24) is 0 Å². The highest BCUT2D eigenvalue weighted by atomic mass is 79.9. The van der Waals surface area contributed by atoms with Gasteiger partial charge in [-0.2, -0.15) is 0 Å². The molecule has 2 rings (SSSR count). The molecule has 20 heavy (non-hydrogen) atoms. The van der Waals surface area contributed by atoms with Gasteiger partial charge in [-0.05, 0) is 17.7 Å². The average Bonchev–Trinajstić information content (AvgIpc) is 2.44. The van der Waals surface area contributed by atoms with Crippen molar-refractivity contribution in [3.8, 4) is 0 Å². The first-order valence-corrected chi connectivity index (χ1v) is 7.29. The van der Waals surface area contributed by atoms with Crippen molar-refractivity contribution in [3.63, 3.8) is 0 Å². The molecule has 0 bridgehead atoms. The summed E-state index contributed by atoms with van der Waals surface area (Å²) in [5, 5.41) is 10.5. The molecule has 0 fully saturated rings. The third-order valence-corrected chi connectivity index (χ3v) is 4.25. The summed E-state index contributed by atoms with van der Waals surface area (Å²) >= 11 is 9.18. The Morgan fingerprint density at radius 2 is 1.80 bits per heavy atom. The van der Waals surface area contributed by atoms with Gasteiger partial charge in [-0.3, -0.25) is 0 Å². The van der Waals surface area contributed by atoms with Crippen LogP contribution in [-0.4, -0.2) is 11.7 Å². The Labute approximate surface area is 130 Å². The number of hydrogen-bond acceptors (Lipinski definition) is 2. The predicted octanol–water partition coefficient (Wildman–Crippen LogP) is 4.02. The van der Waals surface area contributed by atoms with Gasteiger partial charge in [0.05, 0.1) is 11.1 Å².